The lowest BCUT2D eigenvalue weighted by Gasteiger charge is -2.09. The minimum atomic E-state index is -0.260. The number of aromatic nitrogens is 1. The molecule has 2 nitrogen and oxygen atoms in total. The van der Waals surface area contributed by atoms with Gasteiger partial charge in [-0.15, -0.1) is 0 Å². The molecule has 2 aromatic rings. The molecule has 1 aromatic heterocycles. The second kappa shape index (κ2) is 3.77. The van der Waals surface area contributed by atoms with E-state index in [0.717, 1.165) is 22.2 Å². The van der Waals surface area contributed by atoms with Gasteiger partial charge in [0.05, 0.1) is 9.99 Å². The first kappa shape index (κ1) is 10.4. The predicted molar refractivity (Wildman–Crippen MR) is 63.7 cm³/mol. The fourth-order valence-corrected chi connectivity index (χ4v) is 2.15. The Hall–Kier alpha value is -1.16. The molecule has 0 saturated carbocycles. The van der Waals surface area contributed by atoms with E-state index in [1.165, 1.54) is 6.07 Å². The van der Waals surface area contributed by atoms with Crippen molar-refractivity contribution in [2.75, 3.05) is 12.4 Å². The number of hydrogen-bond acceptors (Lipinski definition) is 2. The van der Waals surface area contributed by atoms with Crippen LogP contribution in [0.3, 0.4) is 0 Å². The molecule has 0 saturated heterocycles. The zero-order valence-electron chi connectivity index (χ0n) is 8.44. The van der Waals surface area contributed by atoms with Gasteiger partial charge in [-0.2, -0.15) is 0 Å². The summed E-state index contributed by atoms with van der Waals surface area (Å²) in [6.45, 7) is 1.85. The lowest BCUT2D eigenvalue weighted by Crippen LogP contribution is -1.95. The third-order valence-corrected chi connectivity index (χ3v) is 3.14. The number of halogens is 2. The van der Waals surface area contributed by atoms with Crippen molar-refractivity contribution in [3.05, 3.63) is 34.2 Å². The van der Waals surface area contributed by atoms with Crippen LogP contribution < -0.4 is 5.32 Å². The molecule has 1 N–H and O–H groups in total. The molecule has 4 heteroatoms. The van der Waals surface area contributed by atoms with Gasteiger partial charge in [0.1, 0.15) is 5.82 Å². The summed E-state index contributed by atoms with van der Waals surface area (Å²) < 4.78 is 14.0. The van der Waals surface area contributed by atoms with Crippen molar-refractivity contribution in [1.29, 1.82) is 0 Å². The first-order valence-corrected chi connectivity index (χ1v) is 5.35. The zero-order chi connectivity index (χ0) is 11.0. The van der Waals surface area contributed by atoms with Crippen molar-refractivity contribution in [2.45, 2.75) is 6.92 Å². The van der Waals surface area contributed by atoms with Crippen LogP contribution in [-0.2, 0) is 0 Å². The van der Waals surface area contributed by atoms with Crippen LogP contribution in [0.4, 0.5) is 10.1 Å². The molecule has 0 atom stereocenters. The van der Waals surface area contributed by atoms with E-state index in [2.05, 4.69) is 26.2 Å². The number of pyridine rings is 1. The predicted octanol–water partition coefficient (Wildman–Crippen LogP) is 3.49. The Morgan fingerprint density at radius 1 is 1.47 bits per heavy atom. The molecule has 0 fully saturated rings. The highest BCUT2D eigenvalue weighted by Crippen LogP contribution is 2.33. The van der Waals surface area contributed by atoms with E-state index in [1.54, 1.807) is 13.2 Å². The lowest BCUT2D eigenvalue weighted by atomic mass is 10.1. The minimum Gasteiger partial charge on any atom is -0.387 e. The molecule has 1 heterocycles. The molecule has 0 bridgehead atoms. The van der Waals surface area contributed by atoms with Crippen LogP contribution in [0.25, 0.3) is 10.9 Å². The maximum absolute atomic E-state index is 13.5. The Kier molecular flexibility index (Phi) is 2.61. The normalized spacial score (nSPS) is 10.7. The quantitative estimate of drug-likeness (QED) is 0.857. The molecular formula is C11H10BrFN2. The summed E-state index contributed by atoms with van der Waals surface area (Å²) in [5.74, 6) is -0.260. The van der Waals surface area contributed by atoms with Gasteiger partial charge in [0, 0.05) is 24.3 Å². The van der Waals surface area contributed by atoms with E-state index in [9.17, 15) is 4.39 Å². The Balaban J connectivity index is 2.96. The highest BCUT2D eigenvalue weighted by atomic mass is 79.9. The van der Waals surface area contributed by atoms with Crippen LogP contribution in [0.2, 0.25) is 0 Å². The van der Waals surface area contributed by atoms with Crippen LogP contribution in [0.1, 0.15) is 5.56 Å². The second-order valence-corrected chi connectivity index (χ2v) is 4.11. The molecule has 0 amide bonds. The summed E-state index contributed by atoms with van der Waals surface area (Å²) in [6.07, 6.45) is 1.71. The Morgan fingerprint density at radius 2 is 2.20 bits per heavy atom. The van der Waals surface area contributed by atoms with Crippen LogP contribution in [0.15, 0.2) is 22.8 Å². The van der Waals surface area contributed by atoms with Crippen molar-refractivity contribution < 1.29 is 4.39 Å². The first-order valence-electron chi connectivity index (χ1n) is 4.56. The van der Waals surface area contributed by atoms with E-state index in [-0.39, 0.29) is 5.82 Å². The van der Waals surface area contributed by atoms with Crippen LogP contribution in [0, 0.1) is 12.7 Å². The number of fused-ring (bicyclic) bond motifs is 1. The molecule has 0 radical (unpaired) electrons. The summed E-state index contributed by atoms with van der Waals surface area (Å²) >= 11 is 3.25. The molecule has 1 aromatic carbocycles. The molecule has 2 rings (SSSR count). The third-order valence-electron chi connectivity index (χ3n) is 2.37. The SMILES string of the molecule is CNc1ccnc2c(C)cc(F)c(Br)c12. The van der Waals surface area contributed by atoms with Gasteiger partial charge in [-0.3, -0.25) is 4.98 Å². The standard InChI is InChI=1S/C11H10BrFN2/c1-6-5-7(13)10(12)9-8(14-2)3-4-15-11(6)9/h3-5H,1-2H3,(H,14,15). The number of rotatable bonds is 1. The molecular weight excluding hydrogens is 259 g/mol. The number of anilines is 1. The van der Waals surface area contributed by atoms with Gasteiger partial charge in [0.15, 0.2) is 0 Å². The van der Waals surface area contributed by atoms with Gasteiger partial charge in [0.2, 0.25) is 0 Å². The highest BCUT2D eigenvalue weighted by molar-refractivity contribution is 9.10. The van der Waals surface area contributed by atoms with Gasteiger partial charge in [-0.05, 0) is 40.5 Å². The lowest BCUT2D eigenvalue weighted by molar-refractivity contribution is 0.622. The number of nitrogens with zero attached hydrogens (tertiary/aromatic N) is 1. The van der Waals surface area contributed by atoms with Gasteiger partial charge in [0.25, 0.3) is 0 Å². The van der Waals surface area contributed by atoms with E-state index >= 15 is 0 Å². The smallest absolute Gasteiger partial charge is 0.138 e. The van der Waals surface area contributed by atoms with Crippen LogP contribution in [-0.4, -0.2) is 12.0 Å². The van der Waals surface area contributed by atoms with Crippen molar-refractivity contribution in [2.24, 2.45) is 0 Å². The summed E-state index contributed by atoms with van der Waals surface area (Å²) in [5.41, 5.74) is 2.52. The van der Waals surface area contributed by atoms with Crippen molar-refractivity contribution >= 4 is 32.5 Å². The van der Waals surface area contributed by atoms with E-state index in [0.29, 0.717) is 4.47 Å². The largest absolute Gasteiger partial charge is 0.387 e. The average molecular weight is 269 g/mol. The maximum Gasteiger partial charge on any atom is 0.138 e. The summed E-state index contributed by atoms with van der Waals surface area (Å²) in [4.78, 5) is 4.25. The van der Waals surface area contributed by atoms with Crippen molar-refractivity contribution in [1.82, 2.24) is 4.98 Å². The molecule has 0 unspecified atom stereocenters. The van der Waals surface area contributed by atoms with E-state index in [4.69, 9.17) is 0 Å². The molecule has 15 heavy (non-hydrogen) atoms. The van der Waals surface area contributed by atoms with Gasteiger partial charge in [-0.25, -0.2) is 4.39 Å². The fraction of sp³-hybridized carbons (Fsp3) is 0.182. The Bertz CT molecular complexity index is 525. The van der Waals surface area contributed by atoms with E-state index < -0.39 is 0 Å². The maximum atomic E-state index is 13.5. The van der Waals surface area contributed by atoms with E-state index in [1.807, 2.05) is 13.0 Å². The van der Waals surface area contributed by atoms with Crippen molar-refractivity contribution in [3.8, 4) is 0 Å². The number of benzene rings is 1. The molecule has 0 spiro atoms. The zero-order valence-corrected chi connectivity index (χ0v) is 10.0. The Labute approximate surface area is 95.6 Å². The van der Waals surface area contributed by atoms with Gasteiger partial charge in [-0.1, -0.05) is 0 Å². The summed E-state index contributed by atoms with van der Waals surface area (Å²) in [6, 6.07) is 3.31. The fourth-order valence-electron chi connectivity index (χ4n) is 1.63. The van der Waals surface area contributed by atoms with Gasteiger partial charge < -0.3 is 5.32 Å². The minimum absolute atomic E-state index is 0.260. The number of nitrogens with one attached hydrogen (secondary N) is 1. The highest BCUT2D eigenvalue weighted by Gasteiger charge is 2.11. The van der Waals surface area contributed by atoms with Crippen LogP contribution in [0.5, 0.6) is 0 Å². The Morgan fingerprint density at radius 3 is 2.87 bits per heavy atom. The first-order chi connectivity index (χ1) is 7.15. The molecule has 0 aliphatic heterocycles. The number of aryl methyl sites for hydroxylation is 1. The third kappa shape index (κ3) is 1.59. The average Bonchev–Trinajstić information content (AvgIpc) is 2.25. The summed E-state index contributed by atoms with van der Waals surface area (Å²) in [7, 11) is 1.81. The van der Waals surface area contributed by atoms with Crippen LogP contribution >= 0.6 is 15.9 Å². The topological polar surface area (TPSA) is 24.9 Å². The number of hydrogen-bond donors (Lipinski definition) is 1. The second-order valence-electron chi connectivity index (χ2n) is 3.32. The monoisotopic (exact) mass is 268 g/mol. The molecule has 0 aliphatic rings. The summed E-state index contributed by atoms with van der Waals surface area (Å²) in [5, 5.41) is 3.82. The molecule has 0 aliphatic carbocycles. The van der Waals surface area contributed by atoms with Crippen molar-refractivity contribution in [3.63, 3.8) is 0 Å². The molecule has 78 valence electrons. The van der Waals surface area contributed by atoms with Gasteiger partial charge >= 0.3 is 0 Å².